The molecule has 0 radical (unpaired) electrons. The van der Waals surface area contributed by atoms with Crippen LogP contribution in [0.4, 0.5) is 0 Å². The van der Waals surface area contributed by atoms with Crippen molar-refractivity contribution in [2.45, 2.75) is 6.61 Å². The highest BCUT2D eigenvalue weighted by Crippen LogP contribution is 2.19. The molecule has 2 N–H and O–H groups in total. The van der Waals surface area contributed by atoms with Crippen LogP contribution in [0, 0.1) is 0 Å². The minimum absolute atomic E-state index is 0.0181. The molecule has 88 valence electrons. The average molecular weight is 251 g/mol. The lowest BCUT2D eigenvalue weighted by molar-refractivity contribution is 0.0691. The molecule has 17 heavy (non-hydrogen) atoms. The van der Waals surface area contributed by atoms with Crippen LogP contribution < -0.4 is 4.74 Å². The molecule has 0 amide bonds. The van der Waals surface area contributed by atoms with Gasteiger partial charge in [0.2, 0.25) is 0 Å². The number of thiazole rings is 1. The number of aromatic hydroxyl groups is 1. The Labute approximate surface area is 101 Å². The molecule has 2 rings (SSSR count). The number of aromatic carboxylic acids is 1. The summed E-state index contributed by atoms with van der Waals surface area (Å²) in [4.78, 5) is 14.5. The molecule has 5 nitrogen and oxygen atoms in total. The summed E-state index contributed by atoms with van der Waals surface area (Å²) in [6, 6.07) is 6.38. The third-order valence-electron chi connectivity index (χ3n) is 1.95. The molecule has 0 spiro atoms. The largest absolute Gasteiger partial charge is 0.508 e. The fourth-order valence-electron chi connectivity index (χ4n) is 1.19. The van der Waals surface area contributed by atoms with E-state index in [1.165, 1.54) is 22.8 Å². The van der Waals surface area contributed by atoms with E-state index in [9.17, 15) is 9.90 Å². The number of phenolic OH excluding ortho intramolecular Hbond substituents is 1. The lowest BCUT2D eigenvalue weighted by Gasteiger charge is -2.03. The number of ether oxygens (including phenoxy) is 1. The van der Waals surface area contributed by atoms with Crippen molar-refractivity contribution < 1.29 is 19.7 Å². The van der Waals surface area contributed by atoms with E-state index in [0.717, 1.165) is 0 Å². The SMILES string of the molecule is O=C(O)c1csc(COc2cccc(O)c2)n1. The second kappa shape index (κ2) is 4.84. The van der Waals surface area contributed by atoms with E-state index in [-0.39, 0.29) is 18.1 Å². The van der Waals surface area contributed by atoms with Crippen LogP contribution in [0.5, 0.6) is 11.5 Å². The van der Waals surface area contributed by atoms with E-state index in [1.54, 1.807) is 18.2 Å². The van der Waals surface area contributed by atoms with Gasteiger partial charge in [-0.15, -0.1) is 11.3 Å². The van der Waals surface area contributed by atoms with Gasteiger partial charge in [0.15, 0.2) is 5.69 Å². The Morgan fingerprint density at radius 1 is 1.47 bits per heavy atom. The van der Waals surface area contributed by atoms with Crippen molar-refractivity contribution in [2.75, 3.05) is 0 Å². The zero-order chi connectivity index (χ0) is 12.3. The van der Waals surface area contributed by atoms with E-state index in [4.69, 9.17) is 9.84 Å². The molecule has 0 atom stereocenters. The molecule has 1 heterocycles. The molecule has 0 aliphatic rings. The summed E-state index contributed by atoms with van der Waals surface area (Å²) < 4.78 is 5.36. The molecule has 0 saturated carbocycles. The molecule has 0 aliphatic heterocycles. The van der Waals surface area contributed by atoms with Gasteiger partial charge in [-0.25, -0.2) is 9.78 Å². The summed E-state index contributed by atoms with van der Waals surface area (Å²) in [7, 11) is 0. The van der Waals surface area contributed by atoms with Crippen LogP contribution in [0.1, 0.15) is 15.5 Å². The van der Waals surface area contributed by atoms with Crippen LogP contribution in [0.25, 0.3) is 0 Å². The van der Waals surface area contributed by atoms with Gasteiger partial charge in [0, 0.05) is 11.4 Å². The Morgan fingerprint density at radius 2 is 2.29 bits per heavy atom. The number of carbonyl (C=O) groups is 1. The molecule has 0 fully saturated rings. The summed E-state index contributed by atoms with van der Waals surface area (Å²) in [5.41, 5.74) is 0.0181. The van der Waals surface area contributed by atoms with Crippen molar-refractivity contribution in [3.63, 3.8) is 0 Å². The summed E-state index contributed by atoms with van der Waals surface area (Å²) in [5.74, 6) is -0.421. The minimum atomic E-state index is -1.05. The van der Waals surface area contributed by atoms with Crippen molar-refractivity contribution in [2.24, 2.45) is 0 Å². The third-order valence-corrected chi connectivity index (χ3v) is 2.77. The molecule has 0 bridgehead atoms. The van der Waals surface area contributed by atoms with E-state index in [1.807, 2.05) is 0 Å². The average Bonchev–Trinajstić information content (AvgIpc) is 2.75. The smallest absolute Gasteiger partial charge is 0.355 e. The standard InChI is InChI=1S/C11H9NO4S/c13-7-2-1-3-8(4-7)16-5-10-12-9(6-17-10)11(14)15/h1-4,6,13H,5H2,(H,14,15). The first-order chi connectivity index (χ1) is 8.15. The van der Waals surface area contributed by atoms with E-state index in [2.05, 4.69) is 4.98 Å². The molecule has 1 aromatic carbocycles. The van der Waals surface area contributed by atoms with Crippen LogP contribution in [0.15, 0.2) is 29.6 Å². The number of carboxylic acids is 1. The molecular weight excluding hydrogens is 242 g/mol. The number of benzene rings is 1. The number of hydrogen-bond acceptors (Lipinski definition) is 5. The third kappa shape index (κ3) is 2.94. The van der Waals surface area contributed by atoms with Crippen molar-refractivity contribution in [1.29, 1.82) is 0 Å². The van der Waals surface area contributed by atoms with Crippen molar-refractivity contribution >= 4 is 17.3 Å². The lowest BCUT2D eigenvalue weighted by Crippen LogP contribution is -1.99. The molecule has 0 aliphatic carbocycles. The van der Waals surface area contributed by atoms with E-state index in [0.29, 0.717) is 10.8 Å². The first-order valence-corrected chi connectivity index (χ1v) is 5.62. The Bertz CT molecular complexity index is 538. The number of rotatable bonds is 4. The topological polar surface area (TPSA) is 79.7 Å². The van der Waals surface area contributed by atoms with Crippen LogP contribution in [-0.4, -0.2) is 21.2 Å². The zero-order valence-corrected chi connectivity index (χ0v) is 9.48. The first-order valence-electron chi connectivity index (χ1n) is 4.74. The van der Waals surface area contributed by atoms with Crippen molar-refractivity contribution in [3.05, 3.63) is 40.3 Å². The van der Waals surface area contributed by atoms with Crippen LogP contribution in [0.2, 0.25) is 0 Å². The van der Waals surface area contributed by atoms with E-state index >= 15 is 0 Å². The molecule has 0 saturated heterocycles. The van der Waals surface area contributed by atoms with Gasteiger partial charge in [0.05, 0.1) is 0 Å². The van der Waals surface area contributed by atoms with Gasteiger partial charge in [-0.05, 0) is 12.1 Å². The molecule has 0 unspecified atom stereocenters. The van der Waals surface area contributed by atoms with Gasteiger partial charge in [0.25, 0.3) is 0 Å². The minimum Gasteiger partial charge on any atom is -0.508 e. The van der Waals surface area contributed by atoms with Gasteiger partial charge in [-0.3, -0.25) is 0 Å². The van der Waals surface area contributed by atoms with Crippen LogP contribution >= 0.6 is 11.3 Å². The maximum atomic E-state index is 10.6. The van der Waals surface area contributed by atoms with Gasteiger partial charge in [-0.2, -0.15) is 0 Å². The lowest BCUT2D eigenvalue weighted by atomic mass is 10.3. The number of nitrogens with zero attached hydrogens (tertiary/aromatic N) is 1. The number of aromatic nitrogens is 1. The fraction of sp³-hybridized carbons (Fsp3) is 0.0909. The number of phenols is 1. The highest BCUT2D eigenvalue weighted by atomic mass is 32.1. The summed E-state index contributed by atoms with van der Waals surface area (Å²) in [5, 5.41) is 19.9. The zero-order valence-electron chi connectivity index (χ0n) is 8.66. The fourth-order valence-corrected chi connectivity index (χ4v) is 1.87. The van der Waals surface area contributed by atoms with Gasteiger partial charge < -0.3 is 14.9 Å². The van der Waals surface area contributed by atoms with E-state index < -0.39 is 5.97 Å². The van der Waals surface area contributed by atoms with Crippen LogP contribution in [-0.2, 0) is 6.61 Å². The Hall–Kier alpha value is -2.08. The second-order valence-corrected chi connectivity index (χ2v) is 4.16. The molecule has 1 aromatic heterocycles. The predicted octanol–water partition coefficient (Wildman–Crippen LogP) is 2.13. The van der Waals surface area contributed by atoms with Crippen LogP contribution in [0.3, 0.4) is 0 Å². The maximum Gasteiger partial charge on any atom is 0.355 e. The first kappa shape index (κ1) is 11.4. The Kier molecular flexibility index (Phi) is 3.24. The Balaban J connectivity index is 2.00. The van der Waals surface area contributed by atoms with Crippen molar-refractivity contribution in [1.82, 2.24) is 4.98 Å². The highest BCUT2D eigenvalue weighted by molar-refractivity contribution is 7.09. The van der Waals surface area contributed by atoms with Crippen molar-refractivity contribution in [3.8, 4) is 11.5 Å². The van der Waals surface area contributed by atoms with Gasteiger partial charge in [0.1, 0.15) is 23.1 Å². The summed E-state index contributed by atoms with van der Waals surface area (Å²) in [6.07, 6.45) is 0. The molecular formula is C11H9NO4S. The Morgan fingerprint density at radius 3 is 2.94 bits per heavy atom. The highest BCUT2D eigenvalue weighted by Gasteiger charge is 2.08. The second-order valence-electron chi connectivity index (χ2n) is 3.22. The normalized spacial score (nSPS) is 10.1. The maximum absolute atomic E-state index is 10.6. The van der Waals surface area contributed by atoms with Gasteiger partial charge in [-0.1, -0.05) is 6.07 Å². The summed E-state index contributed by atoms with van der Waals surface area (Å²) in [6.45, 7) is 0.182. The molecule has 2 aromatic rings. The molecule has 6 heteroatoms. The summed E-state index contributed by atoms with van der Waals surface area (Å²) >= 11 is 1.22. The quantitative estimate of drug-likeness (QED) is 0.870. The van der Waals surface area contributed by atoms with Gasteiger partial charge >= 0.3 is 5.97 Å². The number of carboxylic acid groups (broad SMARTS) is 1. The monoisotopic (exact) mass is 251 g/mol. The predicted molar refractivity (Wildman–Crippen MR) is 61.5 cm³/mol. The number of hydrogen-bond donors (Lipinski definition) is 2.